The first-order chi connectivity index (χ1) is 9.38. The lowest BCUT2D eigenvalue weighted by Gasteiger charge is -2.12. The number of hydrogen-bond donors (Lipinski definition) is 0. The fourth-order valence-corrected chi connectivity index (χ4v) is 3.46. The van der Waals surface area contributed by atoms with Crippen LogP contribution in [0.15, 0.2) is 18.2 Å². The van der Waals surface area contributed by atoms with Crippen LogP contribution in [0, 0.1) is 34.6 Å². The number of benzene rings is 1. The summed E-state index contributed by atoms with van der Waals surface area (Å²) in [4.78, 5) is 14.4. The normalized spacial score (nSPS) is 10.7. The van der Waals surface area contributed by atoms with Crippen LogP contribution in [-0.2, 0) is 0 Å². The lowest BCUT2D eigenvalue weighted by atomic mass is 10.1. The molecule has 1 heterocycles. The molecule has 0 N–H and O–H groups in total. The Balaban J connectivity index is 2.13. The van der Waals surface area contributed by atoms with Gasteiger partial charge in [0.25, 0.3) is 0 Å². The maximum Gasteiger partial charge on any atom is 0.201 e. The Bertz CT molecular complexity index is 630. The third-order valence-electron chi connectivity index (χ3n) is 3.29. The summed E-state index contributed by atoms with van der Waals surface area (Å²) >= 11 is 1.65. The Morgan fingerprint density at radius 1 is 1.05 bits per heavy atom. The lowest BCUT2D eigenvalue weighted by Crippen LogP contribution is -2.13. The van der Waals surface area contributed by atoms with Gasteiger partial charge in [0.1, 0.15) is 5.75 Å². The molecular formula is C17H20O2S. The highest BCUT2D eigenvalue weighted by molar-refractivity contribution is 7.12. The lowest BCUT2D eigenvalue weighted by molar-refractivity contribution is 0.0920. The molecule has 1 aromatic carbocycles. The van der Waals surface area contributed by atoms with Crippen LogP contribution in [0.1, 0.15) is 36.8 Å². The van der Waals surface area contributed by atoms with Crippen molar-refractivity contribution >= 4 is 17.1 Å². The zero-order valence-corrected chi connectivity index (χ0v) is 13.5. The van der Waals surface area contributed by atoms with Gasteiger partial charge < -0.3 is 4.74 Å². The van der Waals surface area contributed by atoms with Gasteiger partial charge in [0.15, 0.2) is 6.61 Å². The van der Waals surface area contributed by atoms with Crippen molar-refractivity contribution in [2.75, 3.05) is 6.61 Å². The highest BCUT2D eigenvalue weighted by atomic mass is 32.1. The number of rotatable bonds is 4. The van der Waals surface area contributed by atoms with E-state index in [0.29, 0.717) is 0 Å². The molecule has 1 aromatic heterocycles. The number of ether oxygens (including phenoxy) is 1. The van der Waals surface area contributed by atoms with E-state index >= 15 is 0 Å². The van der Waals surface area contributed by atoms with Gasteiger partial charge in [0, 0.05) is 15.3 Å². The molecule has 0 bridgehead atoms. The van der Waals surface area contributed by atoms with Crippen molar-refractivity contribution in [3.63, 3.8) is 0 Å². The fourth-order valence-electron chi connectivity index (χ4n) is 2.52. The summed E-state index contributed by atoms with van der Waals surface area (Å²) in [5, 5.41) is 0. The van der Waals surface area contributed by atoms with Crippen LogP contribution in [-0.4, -0.2) is 12.4 Å². The third-order valence-corrected chi connectivity index (χ3v) is 4.26. The van der Waals surface area contributed by atoms with Crippen LogP contribution in [0.4, 0.5) is 0 Å². The topological polar surface area (TPSA) is 26.3 Å². The largest absolute Gasteiger partial charge is 0.485 e. The van der Waals surface area contributed by atoms with E-state index in [1.54, 1.807) is 11.3 Å². The first-order valence-corrected chi connectivity index (χ1v) is 7.51. The van der Waals surface area contributed by atoms with Gasteiger partial charge >= 0.3 is 0 Å². The molecule has 0 amide bonds. The quantitative estimate of drug-likeness (QED) is 0.771. The molecule has 106 valence electrons. The summed E-state index contributed by atoms with van der Waals surface area (Å²) in [5.41, 5.74) is 4.15. The van der Waals surface area contributed by atoms with E-state index in [2.05, 4.69) is 19.1 Å². The summed E-state index contributed by atoms with van der Waals surface area (Å²) in [6, 6.07) is 6.10. The minimum atomic E-state index is 0.0474. The first kappa shape index (κ1) is 14.8. The van der Waals surface area contributed by atoms with Crippen LogP contribution in [0.3, 0.4) is 0 Å². The van der Waals surface area contributed by atoms with Crippen molar-refractivity contribution in [2.24, 2.45) is 0 Å². The minimum absolute atomic E-state index is 0.0474. The SMILES string of the molecule is Cc1cc(C)c(OCC(=O)c2cc(C)sc2C)c(C)c1. The second kappa shape index (κ2) is 5.80. The molecule has 0 radical (unpaired) electrons. The van der Waals surface area contributed by atoms with E-state index < -0.39 is 0 Å². The molecule has 2 nitrogen and oxygen atoms in total. The van der Waals surface area contributed by atoms with E-state index in [4.69, 9.17) is 4.74 Å². The summed E-state index contributed by atoms with van der Waals surface area (Å²) in [6.45, 7) is 10.2. The van der Waals surface area contributed by atoms with E-state index in [-0.39, 0.29) is 12.4 Å². The minimum Gasteiger partial charge on any atom is -0.485 e. The van der Waals surface area contributed by atoms with Gasteiger partial charge in [-0.05, 0) is 51.8 Å². The Kier molecular flexibility index (Phi) is 4.29. The second-order valence-electron chi connectivity index (χ2n) is 5.27. The molecule has 0 fully saturated rings. The van der Waals surface area contributed by atoms with E-state index in [0.717, 1.165) is 32.2 Å². The standard InChI is InChI=1S/C17H20O2S/c1-10-6-11(2)17(12(3)7-10)19-9-16(18)15-8-13(4)20-14(15)5/h6-8H,9H2,1-5H3. The molecule has 0 aliphatic rings. The highest BCUT2D eigenvalue weighted by Gasteiger charge is 2.14. The number of ketones is 1. The van der Waals surface area contributed by atoms with Crippen molar-refractivity contribution in [1.82, 2.24) is 0 Å². The molecule has 0 aliphatic heterocycles. The number of carbonyl (C=O) groups is 1. The predicted molar refractivity (Wildman–Crippen MR) is 84.3 cm³/mol. The van der Waals surface area contributed by atoms with E-state index in [9.17, 15) is 4.79 Å². The molecule has 3 heteroatoms. The number of hydrogen-bond acceptors (Lipinski definition) is 3. The maximum atomic E-state index is 12.2. The van der Waals surface area contributed by atoms with Crippen LogP contribution in [0.25, 0.3) is 0 Å². The van der Waals surface area contributed by atoms with Crippen molar-refractivity contribution in [1.29, 1.82) is 0 Å². The number of thiophene rings is 1. The molecule has 2 rings (SSSR count). The van der Waals surface area contributed by atoms with Gasteiger partial charge in [-0.15, -0.1) is 11.3 Å². The van der Waals surface area contributed by atoms with Crippen LogP contribution in [0.2, 0.25) is 0 Å². The smallest absolute Gasteiger partial charge is 0.201 e. The average Bonchev–Trinajstić information content (AvgIpc) is 2.66. The molecule has 0 saturated carbocycles. The molecular weight excluding hydrogens is 268 g/mol. The molecule has 0 atom stereocenters. The molecule has 0 unspecified atom stereocenters. The molecule has 0 aliphatic carbocycles. The Labute approximate surface area is 124 Å². The first-order valence-electron chi connectivity index (χ1n) is 6.69. The zero-order valence-electron chi connectivity index (χ0n) is 12.7. The predicted octanol–water partition coefficient (Wildman–Crippen LogP) is 4.55. The summed E-state index contributed by atoms with van der Waals surface area (Å²) < 4.78 is 5.76. The van der Waals surface area contributed by atoms with Gasteiger partial charge in [-0.2, -0.15) is 0 Å². The van der Waals surface area contributed by atoms with Gasteiger partial charge in [-0.1, -0.05) is 17.7 Å². The van der Waals surface area contributed by atoms with Gasteiger partial charge in [0.2, 0.25) is 5.78 Å². The Hall–Kier alpha value is -1.61. The third kappa shape index (κ3) is 3.10. The molecule has 2 aromatic rings. The summed E-state index contributed by atoms with van der Waals surface area (Å²) in [7, 11) is 0. The Morgan fingerprint density at radius 2 is 1.65 bits per heavy atom. The highest BCUT2D eigenvalue weighted by Crippen LogP contribution is 2.25. The Morgan fingerprint density at radius 3 is 2.15 bits per heavy atom. The molecule has 0 spiro atoms. The van der Waals surface area contributed by atoms with Crippen LogP contribution in [0.5, 0.6) is 5.75 Å². The van der Waals surface area contributed by atoms with Gasteiger partial charge in [-0.3, -0.25) is 4.79 Å². The monoisotopic (exact) mass is 288 g/mol. The van der Waals surface area contributed by atoms with Crippen molar-refractivity contribution in [2.45, 2.75) is 34.6 Å². The van der Waals surface area contributed by atoms with E-state index in [1.165, 1.54) is 5.56 Å². The van der Waals surface area contributed by atoms with Crippen molar-refractivity contribution in [3.8, 4) is 5.75 Å². The maximum absolute atomic E-state index is 12.2. The van der Waals surface area contributed by atoms with Crippen molar-refractivity contribution < 1.29 is 9.53 Å². The summed E-state index contributed by atoms with van der Waals surface area (Å²) in [5.74, 6) is 0.875. The molecule has 0 saturated heterocycles. The summed E-state index contributed by atoms with van der Waals surface area (Å²) in [6.07, 6.45) is 0. The molecule has 20 heavy (non-hydrogen) atoms. The second-order valence-corrected chi connectivity index (χ2v) is 6.73. The van der Waals surface area contributed by atoms with Gasteiger partial charge in [-0.25, -0.2) is 0 Å². The average molecular weight is 288 g/mol. The van der Waals surface area contributed by atoms with Crippen LogP contribution < -0.4 is 4.74 Å². The van der Waals surface area contributed by atoms with Crippen molar-refractivity contribution in [3.05, 3.63) is 50.2 Å². The fraction of sp³-hybridized carbons (Fsp3) is 0.353. The number of Topliss-reactive ketones (excluding diaryl/α,β-unsaturated/α-hetero) is 1. The zero-order chi connectivity index (χ0) is 14.9. The number of carbonyl (C=O) groups excluding carboxylic acids is 1. The van der Waals surface area contributed by atoms with Gasteiger partial charge in [0.05, 0.1) is 0 Å². The van der Waals surface area contributed by atoms with E-state index in [1.807, 2.05) is 33.8 Å². The number of aryl methyl sites for hydroxylation is 5. The van der Waals surface area contributed by atoms with Crippen LogP contribution >= 0.6 is 11.3 Å².